The fraction of sp³-hybridized carbons (Fsp3) is 0.357. The predicted molar refractivity (Wildman–Crippen MR) is 77.4 cm³/mol. The lowest BCUT2D eigenvalue weighted by atomic mass is 10.0. The molecule has 0 amide bonds. The van der Waals surface area contributed by atoms with Crippen LogP contribution < -0.4 is 5.32 Å². The Morgan fingerprint density at radius 3 is 2.84 bits per heavy atom. The van der Waals surface area contributed by atoms with Gasteiger partial charge in [-0.25, -0.2) is 4.39 Å². The van der Waals surface area contributed by atoms with Crippen molar-refractivity contribution in [2.75, 3.05) is 6.54 Å². The van der Waals surface area contributed by atoms with Crippen LogP contribution in [0.3, 0.4) is 0 Å². The highest BCUT2D eigenvalue weighted by Gasteiger charge is 2.21. The Labute approximate surface area is 121 Å². The maximum absolute atomic E-state index is 14.3. The molecule has 1 aromatic heterocycles. The number of nitrogens with zero attached hydrogens (tertiary/aromatic N) is 2. The van der Waals surface area contributed by atoms with E-state index in [1.807, 2.05) is 19.2 Å². The van der Waals surface area contributed by atoms with Gasteiger partial charge < -0.3 is 5.32 Å². The van der Waals surface area contributed by atoms with Crippen molar-refractivity contribution in [1.82, 2.24) is 15.1 Å². The van der Waals surface area contributed by atoms with Crippen molar-refractivity contribution in [3.05, 3.63) is 52.0 Å². The first-order valence-corrected chi connectivity index (χ1v) is 7.09. The molecule has 2 rings (SSSR count). The lowest BCUT2D eigenvalue weighted by molar-refractivity contribution is 0.518. The molecule has 1 heterocycles. The van der Waals surface area contributed by atoms with Crippen molar-refractivity contribution in [2.24, 2.45) is 7.05 Å². The van der Waals surface area contributed by atoms with Crippen LogP contribution in [-0.2, 0) is 7.05 Å². The standard InChI is InChI=1S/C14H17BrFN3/c1-3-8-17-14(12-7-9-18-19(12)2)10-5-4-6-11(15)13(10)16/h4-7,9,14,17H,3,8H2,1-2H3. The van der Waals surface area contributed by atoms with E-state index in [-0.39, 0.29) is 11.9 Å². The molecule has 1 N–H and O–H groups in total. The molecule has 0 aliphatic carbocycles. The topological polar surface area (TPSA) is 29.9 Å². The zero-order chi connectivity index (χ0) is 13.8. The Kier molecular flexibility index (Phi) is 4.71. The summed E-state index contributed by atoms with van der Waals surface area (Å²) in [5, 5.41) is 7.54. The maximum Gasteiger partial charge on any atom is 0.142 e. The van der Waals surface area contributed by atoms with Gasteiger partial charge in [-0.05, 0) is 41.0 Å². The number of hydrogen-bond donors (Lipinski definition) is 1. The minimum Gasteiger partial charge on any atom is -0.305 e. The van der Waals surface area contributed by atoms with Crippen LogP contribution in [0.2, 0.25) is 0 Å². The zero-order valence-electron chi connectivity index (χ0n) is 11.0. The first kappa shape index (κ1) is 14.2. The van der Waals surface area contributed by atoms with E-state index in [1.165, 1.54) is 0 Å². The summed E-state index contributed by atoms with van der Waals surface area (Å²) in [4.78, 5) is 0. The van der Waals surface area contributed by atoms with Crippen molar-refractivity contribution in [3.8, 4) is 0 Å². The fourth-order valence-electron chi connectivity index (χ4n) is 2.07. The van der Waals surface area contributed by atoms with E-state index in [1.54, 1.807) is 23.0 Å². The van der Waals surface area contributed by atoms with E-state index in [0.29, 0.717) is 10.0 Å². The molecule has 1 aromatic carbocycles. The Bertz CT molecular complexity index is 553. The predicted octanol–water partition coefficient (Wildman–Crippen LogP) is 3.41. The second-order valence-corrected chi connectivity index (χ2v) is 5.26. The average molecular weight is 326 g/mol. The minimum absolute atomic E-state index is 0.190. The fourth-order valence-corrected chi connectivity index (χ4v) is 2.45. The molecule has 0 saturated carbocycles. The van der Waals surface area contributed by atoms with Gasteiger partial charge in [0.05, 0.1) is 16.2 Å². The molecule has 5 heteroatoms. The lowest BCUT2D eigenvalue weighted by Crippen LogP contribution is -2.26. The zero-order valence-corrected chi connectivity index (χ0v) is 12.6. The van der Waals surface area contributed by atoms with Crippen LogP contribution in [0.15, 0.2) is 34.9 Å². The van der Waals surface area contributed by atoms with Crippen LogP contribution >= 0.6 is 15.9 Å². The van der Waals surface area contributed by atoms with Gasteiger partial charge in [-0.1, -0.05) is 19.1 Å². The Hall–Kier alpha value is -1.20. The van der Waals surface area contributed by atoms with Gasteiger partial charge in [0.15, 0.2) is 0 Å². The molecule has 0 radical (unpaired) electrons. The van der Waals surface area contributed by atoms with E-state index >= 15 is 0 Å². The number of nitrogens with one attached hydrogen (secondary N) is 1. The Balaban J connectivity index is 2.43. The molecular formula is C14H17BrFN3. The van der Waals surface area contributed by atoms with Gasteiger partial charge in [0.1, 0.15) is 5.82 Å². The molecule has 0 fully saturated rings. The van der Waals surface area contributed by atoms with E-state index < -0.39 is 0 Å². The quantitative estimate of drug-likeness (QED) is 0.912. The molecule has 0 bridgehead atoms. The van der Waals surface area contributed by atoms with Gasteiger partial charge >= 0.3 is 0 Å². The van der Waals surface area contributed by atoms with Gasteiger partial charge in [0.2, 0.25) is 0 Å². The van der Waals surface area contributed by atoms with Gasteiger partial charge in [0, 0.05) is 18.8 Å². The summed E-state index contributed by atoms with van der Waals surface area (Å²) in [6.45, 7) is 2.91. The molecule has 0 spiro atoms. The van der Waals surface area contributed by atoms with E-state index in [4.69, 9.17) is 0 Å². The SMILES string of the molecule is CCCNC(c1cccc(Br)c1F)c1ccnn1C. The third-order valence-corrected chi connectivity index (χ3v) is 3.66. The maximum atomic E-state index is 14.3. The van der Waals surface area contributed by atoms with Gasteiger partial charge in [-0.3, -0.25) is 4.68 Å². The van der Waals surface area contributed by atoms with Crippen LogP contribution in [0.4, 0.5) is 4.39 Å². The van der Waals surface area contributed by atoms with Crippen molar-refractivity contribution >= 4 is 15.9 Å². The number of halogens is 2. The summed E-state index contributed by atoms with van der Waals surface area (Å²) in [6.07, 6.45) is 2.72. The largest absolute Gasteiger partial charge is 0.305 e. The van der Waals surface area contributed by atoms with Crippen molar-refractivity contribution in [3.63, 3.8) is 0 Å². The first-order valence-electron chi connectivity index (χ1n) is 6.30. The van der Waals surface area contributed by atoms with E-state index in [9.17, 15) is 4.39 Å². The molecule has 3 nitrogen and oxygen atoms in total. The first-order chi connectivity index (χ1) is 9.15. The summed E-state index contributed by atoms with van der Waals surface area (Å²) in [5.74, 6) is -0.225. The molecule has 19 heavy (non-hydrogen) atoms. The molecule has 0 aliphatic heterocycles. The monoisotopic (exact) mass is 325 g/mol. The van der Waals surface area contributed by atoms with Gasteiger partial charge in [0.25, 0.3) is 0 Å². The van der Waals surface area contributed by atoms with Crippen molar-refractivity contribution in [1.29, 1.82) is 0 Å². The molecule has 1 atom stereocenters. The van der Waals surface area contributed by atoms with Gasteiger partial charge in [-0.15, -0.1) is 0 Å². The lowest BCUT2D eigenvalue weighted by Gasteiger charge is -2.20. The summed E-state index contributed by atoms with van der Waals surface area (Å²) in [6, 6.07) is 7.08. The third-order valence-electron chi connectivity index (χ3n) is 3.05. The molecule has 2 aromatic rings. The van der Waals surface area contributed by atoms with Crippen molar-refractivity contribution in [2.45, 2.75) is 19.4 Å². The number of hydrogen-bond acceptors (Lipinski definition) is 2. The summed E-state index contributed by atoms with van der Waals surface area (Å²) in [7, 11) is 1.87. The number of aryl methyl sites for hydroxylation is 1. The smallest absolute Gasteiger partial charge is 0.142 e. The van der Waals surface area contributed by atoms with Crippen LogP contribution in [-0.4, -0.2) is 16.3 Å². The molecular weight excluding hydrogens is 309 g/mol. The second kappa shape index (κ2) is 6.30. The highest BCUT2D eigenvalue weighted by Crippen LogP contribution is 2.28. The second-order valence-electron chi connectivity index (χ2n) is 4.41. The number of rotatable bonds is 5. The Morgan fingerprint density at radius 1 is 1.42 bits per heavy atom. The normalized spacial score (nSPS) is 12.6. The van der Waals surface area contributed by atoms with Gasteiger partial charge in [-0.2, -0.15) is 5.10 Å². The average Bonchev–Trinajstić information content (AvgIpc) is 2.81. The summed E-state index contributed by atoms with van der Waals surface area (Å²) < 4.78 is 16.5. The highest BCUT2D eigenvalue weighted by molar-refractivity contribution is 9.10. The third kappa shape index (κ3) is 3.04. The summed E-state index contributed by atoms with van der Waals surface area (Å²) in [5.41, 5.74) is 1.58. The van der Waals surface area contributed by atoms with Crippen LogP contribution in [0.1, 0.15) is 30.6 Å². The van der Waals surface area contributed by atoms with E-state index in [0.717, 1.165) is 18.7 Å². The molecule has 0 aliphatic rings. The van der Waals surface area contributed by atoms with Crippen LogP contribution in [0.25, 0.3) is 0 Å². The van der Waals surface area contributed by atoms with Crippen LogP contribution in [0.5, 0.6) is 0 Å². The molecule has 0 saturated heterocycles. The van der Waals surface area contributed by atoms with E-state index in [2.05, 4.69) is 33.3 Å². The number of benzene rings is 1. The minimum atomic E-state index is -0.225. The van der Waals surface area contributed by atoms with Crippen LogP contribution in [0, 0.1) is 5.82 Å². The Morgan fingerprint density at radius 2 is 2.21 bits per heavy atom. The highest BCUT2D eigenvalue weighted by atomic mass is 79.9. The summed E-state index contributed by atoms with van der Waals surface area (Å²) >= 11 is 3.24. The molecule has 1 unspecified atom stereocenters. The van der Waals surface area contributed by atoms with Crippen molar-refractivity contribution < 1.29 is 4.39 Å². The molecule has 102 valence electrons. The number of aromatic nitrogens is 2.